The molecule has 0 amide bonds. The van der Waals surface area contributed by atoms with E-state index in [9.17, 15) is 26.4 Å². The van der Waals surface area contributed by atoms with Gasteiger partial charge in [0.25, 0.3) is 0 Å². The van der Waals surface area contributed by atoms with Crippen molar-refractivity contribution in [2.24, 2.45) is 0 Å². The highest BCUT2D eigenvalue weighted by Gasteiger charge is 2.28. The maximum absolute atomic E-state index is 11.6. The second kappa shape index (κ2) is 6.01. The third-order valence-electron chi connectivity index (χ3n) is 1.23. The first kappa shape index (κ1) is 15.1. The summed E-state index contributed by atoms with van der Waals surface area (Å²) in [5.41, 5.74) is 0. The molecule has 0 fully saturated rings. The Morgan fingerprint density at radius 2 is 1.94 bits per heavy atom. The van der Waals surface area contributed by atoms with Crippen LogP contribution < -0.4 is 4.89 Å². The molecule has 16 heavy (non-hydrogen) atoms. The summed E-state index contributed by atoms with van der Waals surface area (Å²) < 4.78 is 56.5. The first-order chi connectivity index (χ1) is 7.12. The van der Waals surface area contributed by atoms with Crippen molar-refractivity contribution in [3.63, 3.8) is 0 Å². The number of aliphatic carboxylic acids is 1. The van der Waals surface area contributed by atoms with Crippen molar-refractivity contribution in [1.29, 1.82) is 0 Å². The fourth-order valence-electron chi connectivity index (χ4n) is 0.656. The summed E-state index contributed by atoms with van der Waals surface area (Å²) in [6.45, 7) is -1.74. The topological polar surface area (TPSA) is 92.7 Å². The molecule has 0 bridgehead atoms. The summed E-state index contributed by atoms with van der Waals surface area (Å²) in [4.78, 5) is 15.0. The van der Waals surface area contributed by atoms with Gasteiger partial charge < -0.3 is 5.11 Å². The number of carboxylic acid groups (broad SMARTS) is 1. The van der Waals surface area contributed by atoms with E-state index in [1.165, 1.54) is 4.89 Å². The SMILES string of the molecule is O=C(O)CCCS(=O)(=O)NOCC(F)(F)F. The van der Waals surface area contributed by atoms with Crippen LogP contribution in [0.2, 0.25) is 0 Å². The Hall–Kier alpha value is -0.870. The molecule has 0 spiro atoms. The molecule has 0 saturated heterocycles. The van der Waals surface area contributed by atoms with Crippen LogP contribution in [0.5, 0.6) is 0 Å². The van der Waals surface area contributed by atoms with Crippen molar-refractivity contribution in [2.45, 2.75) is 19.0 Å². The van der Waals surface area contributed by atoms with Crippen molar-refractivity contribution in [3.05, 3.63) is 0 Å². The van der Waals surface area contributed by atoms with Gasteiger partial charge in [0.15, 0.2) is 6.61 Å². The molecule has 0 rings (SSSR count). The molecule has 0 aliphatic carbocycles. The molecule has 10 heteroatoms. The standard InChI is InChI=1S/C6H10F3NO5S/c7-6(8,9)4-15-10-16(13,14)3-1-2-5(11)12/h10H,1-4H2,(H,11,12). The zero-order valence-corrected chi connectivity index (χ0v) is 8.77. The Kier molecular flexibility index (Phi) is 5.68. The van der Waals surface area contributed by atoms with Crippen molar-refractivity contribution in [2.75, 3.05) is 12.4 Å². The first-order valence-electron chi connectivity index (χ1n) is 4.02. The van der Waals surface area contributed by atoms with Crippen LogP contribution in [0.15, 0.2) is 0 Å². The number of sulfonamides is 1. The maximum atomic E-state index is 11.6. The Bertz CT molecular complexity index is 326. The van der Waals surface area contributed by atoms with Crippen LogP contribution in [0.4, 0.5) is 13.2 Å². The van der Waals surface area contributed by atoms with E-state index in [0.29, 0.717) is 0 Å². The van der Waals surface area contributed by atoms with E-state index in [2.05, 4.69) is 4.84 Å². The lowest BCUT2D eigenvalue weighted by atomic mass is 10.3. The second-order valence-electron chi connectivity index (χ2n) is 2.80. The van der Waals surface area contributed by atoms with Crippen LogP contribution in [-0.4, -0.2) is 38.0 Å². The molecular formula is C6H10F3NO5S. The zero-order valence-electron chi connectivity index (χ0n) is 7.95. The molecule has 0 atom stereocenters. The Labute approximate surface area is 89.4 Å². The van der Waals surface area contributed by atoms with Gasteiger partial charge in [-0.2, -0.15) is 13.2 Å². The van der Waals surface area contributed by atoms with E-state index in [0.717, 1.165) is 0 Å². The largest absolute Gasteiger partial charge is 0.481 e. The summed E-state index contributed by atoms with van der Waals surface area (Å²) in [7, 11) is -4.04. The van der Waals surface area contributed by atoms with Gasteiger partial charge in [0.1, 0.15) is 0 Å². The highest BCUT2D eigenvalue weighted by atomic mass is 32.2. The van der Waals surface area contributed by atoms with E-state index < -0.39 is 34.5 Å². The molecule has 0 unspecified atom stereocenters. The smallest absolute Gasteiger partial charge is 0.413 e. The van der Waals surface area contributed by atoms with Crippen LogP contribution in [-0.2, 0) is 19.7 Å². The number of hydrogen-bond acceptors (Lipinski definition) is 4. The summed E-state index contributed by atoms with van der Waals surface area (Å²) in [6.07, 6.45) is -5.23. The molecule has 0 heterocycles. The molecule has 6 nitrogen and oxygen atoms in total. The molecule has 0 aliphatic heterocycles. The van der Waals surface area contributed by atoms with Gasteiger partial charge in [0, 0.05) is 6.42 Å². The molecule has 0 aromatic rings. The summed E-state index contributed by atoms with van der Waals surface area (Å²) >= 11 is 0. The van der Waals surface area contributed by atoms with Gasteiger partial charge in [-0.15, -0.1) is 0 Å². The number of nitrogens with one attached hydrogen (secondary N) is 1. The van der Waals surface area contributed by atoms with Crippen LogP contribution >= 0.6 is 0 Å². The van der Waals surface area contributed by atoms with Gasteiger partial charge in [0.2, 0.25) is 10.0 Å². The lowest BCUT2D eigenvalue weighted by Gasteiger charge is -2.08. The molecule has 2 N–H and O–H groups in total. The van der Waals surface area contributed by atoms with Gasteiger partial charge in [0.05, 0.1) is 5.75 Å². The lowest BCUT2D eigenvalue weighted by Crippen LogP contribution is -2.31. The molecular weight excluding hydrogens is 255 g/mol. The Morgan fingerprint density at radius 3 is 2.38 bits per heavy atom. The predicted molar refractivity (Wildman–Crippen MR) is 45.8 cm³/mol. The summed E-state index contributed by atoms with van der Waals surface area (Å²) in [6, 6.07) is 0. The van der Waals surface area contributed by atoms with E-state index in [-0.39, 0.29) is 12.8 Å². The van der Waals surface area contributed by atoms with Crippen LogP contribution in [0.1, 0.15) is 12.8 Å². The number of carboxylic acids is 1. The average Bonchev–Trinajstić information content (AvgIpc) is 1.99. The predicted octanol–water partition coefficient (Wildman–Crippen LogP) is 0.265. The summed E-state index contributed by atoms with van der Waals surface area (Å²) in [5, 5.41) is 8.20. The maximum Gasteiger partial charge on any atom is 0.413 e. The average molecular weight is 265 g/mol. The third-order valence-corrected chi connectivity index (χ3v) is 2.42. The van der Waals surface area contributed by atoms with Gasteiger partial charge >= 0.3 is 12.1 Å². The molecule has 0 radical (unpaired) electrons. The second-order valence-corrected chi connectivity index (χ2v) is 4.61. The number of alkyl halides is 3. The first-order valence-corrected chi connectivity index (χ1v) is 5.67. The van der Waals surface area contributed by atoms with Crippen LogP contribution in [0.25, 0.3) is 0 Å². The van der Waals surface area contributed by atoms with E-state index in [1.54, 1.807) is 0 Å². The van der Waals surface area contributed by atoms with E-state index in [4.69, 9.17) is 5.11 Å². The molecule has 0 aromatic carbocycles. The highest BCUT2D eigenvalue weighted by molar-refractivity contribution is 7.89. The van der Waals surface area contributed by atoms with Crippen molar-refractivity contribution in [1.82, 2.24) is 4.89 Å². The number of hydrogen-bond donors (Lipinski definition) is 2. The molecule has 0 aromatic heterocycles. The van der Waals surface area contributed by atoms with Crippen LogP contribution in [0, 0.1) is 0 Å². The van der Waals surface area contributed by atoms with Gasteiger partial charge in [-0.1, -0.05) is 4.89 Å². The molecule has 0 saturated carbocycles. The molecule has 96 valence electrons. The lowest BCUT2D eigenvalue weighted by molar-refractivity contribution is -0.181. The number of carbonyl (C=O) groups is 1. The monoisotopic (exact) mass is 265 g/mol. The van der Waals surface area contributed by atoms with Gasteiger partial charge in [-0.25, -0.2) is 8.42 Å². The number of rotatable bonds is 7. The van der Waals surface area contributed by atoms with Crippen molar-refractivity contribution in [3.8, 4) is 0 Å². The van der Waals surface area contributed by atoms with Gasteiger partial charge in [-0.05, 0) is 6.42 Å². The van der Waals surface area contributed by atoms with Crippen LogP contribution in [0.3, 0.4) is 0 Å². The Morgan fingerprint density at radius 1 is 1.38 bits per heavy atom. The highest BCUT2D eigenvalue weighted by Crippen LogP contribution is 2.13. The fraction of sp³-hybridized carbons (Fsp3) is 0.833. The zero-order chi connectivity index (χ0) is 12.8. The third kappa shape index (κ3) is 9.68. The quantitative estimate of drug-likeness (QED) is 0.644. The van der Waals surface area contributed by atoms with Gasteiger partial charge in [-0.3, -0.25) is 9.63 Å². The van der Waals surface area contributed by atoms with Crippen molar-refractivity contribution < 1.29 is 36.3 Å². The van der Waals surface area contributed by atoms with Crippen molar-refractivity contribution >= 4 is 16.0 Å². The fourth-order valence-corrected chi connectivity index (χ4v) is 1.50. The number of halogens is 3. The minimum atomic E-state index is -4.64. The molecule has 0 aliphatic rings. The normalized spacial score (nSPS) is 12.7. The van der Waals surface area contributed by atoms with E-state index in [1.807, 2.05) is 0 Å². The Balaban J connectivity index is 3.84. The van der Waals surface area contributed by atoms with E-state index >= 15 is 0 Å². The summed E-state index contributed by atoms with van der Waals surface area (Å²) in [5.74, 6) is -1.80. The minimum absolute atomic E-state index is 0.208. The minimum Gasteiger partial charge on any atom is -0.481 e.